The molecule has 1 aromatic heterocycles. The lowest BCUT2D eigenvalue weighted by atomic mass is 10.1. The number of aliphatic carboxylic acids is 1. The molecule has 0 radical (unpaired) electrons. The van der Waals surface area contributed by atoms with Crippen LogP contribution in [0.1, 0.15) is 22.5 Å². The quantitative estimate of drug-likeness (QED) is 0.719. The number of nitrogens with zero attached hydrogens (tertiary/aromatic N) is 2. The van der Waals surface area contributed by atoms with E-state index in [9.17, 15) is 19.1 Å². The molecule has 1 atom stereocenters. The molecule has 2 heterocycles. The van der Waals surface area contributed by atoms with Crippen LogP contribution in [0.4, 0.5) is 4.39 Å². The first-order valence-electron chi connectivity index (χ1n) is 9.47. The molecule has 0 saturated carbocycles. The summed E-state index contributed by atoms with van der Waals surface area (Å²) in [5.74, 6) is -1.59. The Morgan fingerprint density at radius 3 is 2.69 bits per heavy atom. The summed E-state index contributed by atoms with van der Waals surface area (Å²) < 4.78 is 21.5. The molecule has 0 spiro atoms. The van der Waals surface area contributed by atoms with Crippen LogP contribution in [0.5, 0.6) is 0 Å². The Morgan fingerprint density at radius 1 is 1.14 bits per heavy atom. The average molecular weight is 396 g/mol. The van der Waals surface area contributed by atoms with Gasteiger partial charge in [-0.05, 0) is 18.2 Å². The van der Waals surface area contributed by atoms with Crippen LogP contribution in [0.2, 0.25) is 0 Å². The van der Waals surface area contributed by atoms with Crippen molar-refractivity contribution in [2.45, 2.75) is 19.0 Å². The van der Waals surface area contributed by atoms with Gasteiger partial charge in [0.2, 0.25) is 0 Å². The molecule has 29 heavy (non-hydrogen) atoms. The van der Waals surface area contributed by atoms with Gasteiger partial charge in [-0.25, -0.2) is 4.39 Å². The highest BCUT2D eigenvalue weighted by Crippen LogP contribution is 2.25. The summed E-state index contributed by atoms with van der Waals surface area (Å²) in [6, 6.07) is 15.3. The Morgan fingerprint density at radius 2 is 1.90 bits per heavy atom. The fourth-order valence-corrected chi connectivity index (χ4v) is 3.79. The van der Waals surface area contributed by atoms with Gasteiger partial charge in [0.25, 0.3) is 5.91 Å². The first-order valence-corrected chi connectivity index (χ1v) is 9.47. The topological polar surface area (TPSA) is 71.8 Å². The molecule has 150 valence electrons. The van der Waals surface area contributed by atoms with E-state index in [1.54, 1.807) is 33.7 Å². The van der Waals surface area contributed by atoms with Gasteiger partial charge in [0.1, 0.15) is 11.5 Å². The maximum absolute atomic E-state index is 14.3. The van der Waals surface area contributed by atoms with Crippen LogP contribution in [-0.4, -0.2) is 52.3 Å². The lowest BCUT2D eigenvalue weighted by Gasteiger charge is -2.35. The highest BCUT2D eigenvalue weighted by atomic mass is 19.1. The van der Waals surface area contributed by atoms with Crippen molar-refractivity contribution >= 4 is 22.8 Å². The van der Waals surface area contributed by atoms with Crippen LogP contribution in [0.25, 0.3) is 10.9 Å². The van der Waals surface area contributed by atoms with Crippen LogP contribution in [0, 0.1) is 5.82 Å². The fourth-order valence-electron chi connectivity index (χ4n) is 3.79. The summed E-state index contributed by atoms with van der Waals surface area (Å²) in [4.78, 5) is 26.2. The minimum absolute atomic E-state index is 0.181. The summed E-state index contributed by atoms with van der Waals surface area (Å²) in [7, 11) is 0. The number of morpholine rings is 1. The first kappa shape index (κ1) is 19.1. The molecule has 1 unspecified atom stereocenters. The van der Waals surface area contributed by atoms with E-state index in [-0.39, 0.29) is 31.3 Å². The number of carboxylic acid groups (broad SMARTS) is 1. The molecular formula is C22H21FN2O4. The molecular weight excluding hydrogens is 375 g/mol. The van der Waals surface area contributed by atoms with Crippen molar-refractivity contribution < 1.29 is 23.8 Å². The SMILES string of the molecule is O=C(O)CC1COCCN1C(=O)c1cc2ccccc2n1Cc1ccccc1F. The van der Waals surface area contributed by atoms with Crippen molar-refractivity contribution in [3.63, 3.8) is 0 Å². The number of halogens is 1. The lowest BCUT2D eigenvalue weighted by molar-refractivity contribution is -0.139. The number of carbonyl (C=O) groups excluding carboxylic acids is 1. The Balaban J connectivity index is 1.75. The summed E-state index contributed by atoms with van der Waals surface area (Å²) in [6.45, 7) is 1.06. The van der Waals surface area contributed by atoms with Gasteiger partial charge in [-0.15, -0.1) is 0 Å². The van der Waals surface area contributed by atoms with Gasteiger partial charge in [-0.2, -0.15) is 0 Å². The minimum Gasteiger partial charge on any atom is -0.481 e. The van der Waals surface area contributed by atoms with E-state index in [4.69, 9.17) is 4.74 Å². The number of benzene rings is 2. The maximum atomic E-state index is 14.3. The average Bonchev–Trinajstić information content (AvgIpc) is 3.08. The minimum atomic E-state index is -0.981. The Bertz CT molecular complexity index is 1060. The first-order chi connectivity index (χ1) is 14.0. The van der Waals surface area contributed by atoms with E-state index >= 15 is 0 Å². The monoisotopic (exact) mass is 396 g/mol. The Hall–Kier alpha value is -3.19. The van der Waals surface area contributed by atoms with Crippen molar-refractivity contribution in [1.82, 2.24) is 9.47 Å². The molecule has 3 aromatic rings. The Kier molecular flexibility index (Phi) is 5.31. The van der Waals surface area contributed by atoms with Gasteiger partial charge in [0.05, 0.1) is 32.2 Å². The van der Waals surface area contributed by atoms with Crippen LogP contribution < -0.4 is 0 Å². The zero-order chi connectivity index (χ0) is 20.4. The van der Waals surface area contributed by atoms with Gasteiger partial charge in [-0.1, -0.05) is 36.4 Å². The van der Waals surface area contributed by atoms with E-state index in [1.807, 2.05) is 24.3 Å². The molecule has 1 amide bonds. The van der Waals surface area contributed by atoms with E-state index in [0.29, 0.717) is 24.4 Å². The number of ether oxygens (including phenoxy) is 1. The third-order valence-corrected chi connectivity index (χ3v) is 5.21. The van der Waals surface area contributed by atoms with Crippen molar-refractivity contribution in [3.8, 4) is 0 Å². The van der Waals surface area contributed by atoms with Crippen molar-refractivity contribution in [2.24, 2.45) is 0 Å². The third-order valence-electron chi connectivity index (χ3n) is 5.21. The number of carbonyl (C=O) groups is 2. The van der Waals surface area contributed by atoms with E-state index in [1.165, 1.54) is 6.07 Å². The molecule has 1 fully saturated rings. The number of rotatable bonds is 5. The molecule has 4 rings (SSSR count). The zero-order valence-corrected chi connectivity index (χ0v) is 15.8. The second-order valence-corrected chi connectivity index (χ2v) is 7.09. The Labute approximate surface area is 167 Å². The lowest BCUT2D eigenvalue weighted by Crippen LogP contribution is -2.50. The molecule has 1 aliphatic heterocycles. The van der Waals surface area contributed by atoms with Gasteiger partial charge in [0, 0.05) is 23.0 Å². The molecule has 6 nitrogen and oxygen atoms in total. The molecule has 7 heteroatoms. The largest absolute Gasteiger partial charge is 0.481 e. The molecule has 1 N–H and O–H groups in total. The second-order valence-electron chi connectivity index (χ2n) is 7.09. The fraction of sp³-hybridized carbons (Fsp3) is 0.273. The number of hydrogen-bond acceptors (Lipinski definition) is 3. The normalized spacial score (nSPS) is 16.9. The predicted octanol–water partition coefficient (Wildman–Crippen LogP) is 3.14. The number of amides is 1. The van der Waals surface area contributed by atoms with Crippen LogP contribution in [0.3, 0.4) is 0 Å². The molecule has 2 aromatic carbocycles. The second kappa shape index (κ2) is 8.05. The smallest absolute Gasteiger partial charge is 0.305 e. The third kappa shape index (κ3) is 3.86. The van der Waals surface area contributed by atoms with Crippen LogP contribution in [0.15, 0.2) is 54.6 Å². The van der Waals surface area contributed by atoms with Gasteiger partial charge >= 0.3 is 5.97 Å². The van der Waals surface area contributed by atoms with Crippen LogP contribution in [-0.2, 0) is 16.1 Å². The summed E-state index contributed by atoms with van der Waals surface area (Å²) >= 11 is 0. The molecule has 0 aliphatic carbocycles. The summed E-state index contributed by atoms with van der Waals surface area (Å²) in [5, 5.41) is 10.1. The highest BCUT2D eigenvalue weighted by molar-refractivity contribution is 5.99. The predicted molar refractivity (Wildman–Crippen MR) is 105 cm³/mol. The molecule has 1 aliphatic rings. The summed E-state index contributed by atoms with van der Waals surface area (Å²) in [5.41, 5.74) is 1.71. The number of aromatic nitrogens is 1. The number of fused-ring (bicyclic) bond motifs is 1. The number of para-hydroxylation sites is 1. The van der Waals surface area contributed by atoms with Gasteiger partial charge in [-0.3, -0.25) is 9.59 Å². The zero-order valence-electron chi connectivity index (χ0n) is 15.8. The molecule has 0 bridgehead atoms. The summed E-state index contributed by atoms with van der Waals surface area (Å²) in [6.07, 6.45) is -0.181. The van der Waals surface area contributed by atoms with E-state index in [0.717, 1.165) is 10.9 Å². The maximum Gasteiger partial charge on any atom is 0.305 e. The van der Waals surface area contributed by atoms with Crippen molar-refractivity contribution in [3.05, 3.63) is 71.7 Å². The van der Waals surface area contributed by atoms with Crippen molar-refractivity contribution in [1.29, 1.82) is 0 Å². The van der Waals surface area contributed by atoms with Crippen LogP contribution >= 0.6 is 0 Å². The van der Waals surface area contributed by atoms with Gasteiger partial charge < -0.3 is 19.3 Å². The van der Waals surface area contributed by atoms with E-state index < -0.39 is 12.0 Å². The van der Waals surface area contributed by atoms with E-state index in [2.05, 4.69) is 0 Å². The standard InChI is InChI=1S/C22H21FN2O4/c23-18-7-3-1-6-16(18)13-25-19-8-4-2-5-15(19)11-20(25)22(28)24-9-10-29-14-17(24)12-21(26)27/h1-8,11,17H,9-10,12-14H2,(H,26,27). The number of hydrogen-bond donors (Lipinski definition) is 1. The molecule has 1 saturated heterocycles. The van der Waals surface area contributed by atoms with Gasteiger partial charge in [0.15, 0.2) is 0 Å². The van der Waals surface area contributed by atoms with Crippen molar-refractivity contribution in [2.75, 3.05) is 19.8 Å². The highest BCUT2D eigenvalue weighted by Gasteiger charge is 2.31. The number of carboxylic acids is 1.